The summed E-state index contributed by atoms with van der Waals surface area (Å²) in [5.41, 5.74) is -1.56. The summed E-state index contributed by atoms with van der Waals surface area (Å²) >= 11 is 0. The van der Waals surface area contributed by atoms with Crippen LogP contribution in [0.2, 0.25) is 0 Å². The number of rotatable bonds is 21. The molecule has 1 atom stereocenters. The zero-order chi connectivity index (χ0) is 46.9. The minimum atomic E-state index is -4.78. The topological polar surface area (TPSA) is 342 Å². The SMILES string of the molecule is CC1(C)C(C=CC=C2N(CCCS(=O)(=O)O)c3ccc(S(=O)(=O)O)cc3C2(C)CCCS(=O)(=O)O)=[N+](CCCS(=O)(=O)O)c2cc(C(=O)O)cc(C(=O)OCCCS(=O)(=O)O)c21. The summed E-state index contributed by atoms with van der Waals surface area (Å²) in [5, 5.41) is 10.0. The van der Waals surface area contributed by atoms with Crippen LogP contribution in [0.5, 0.6) is 0 Å². The molecule has 2 heterocycles. The molecule has 0 amide bonds. The van der Waals surface area contributed by atoms with E-state index in [9.17, 15) is 75.0 Å². The molecular formula is C36H47N2O19S5+. The number of hydrogen-bond acceptors (Lipinski definition) is 14. The van der Waals surface area contributed by atoms with Crippen LogP contribution in [0.15, 0.2) is 59.2 Å². The Balaban J connectivity index is 1.95. The number of esters is 1. The molecule has 0 radical (unpaired) electrons. The molecule has 0 aliphatic carbocycles. The Morgan fingerprint density at radius 2 is 1.32 bits per heavy atom. The van der Waals surface area contributed by atoms with Crippen molar-refractivity contribution in [1.82, 2.24) is 0 Å². The summed E-state index contributed by atoms with van der Waals surface area (Å²) in [6, 6.07) is 5.92. The molecule has 26 heteroatoms. The third-order valence-corrected chi connectivity index (χ3v) is 14.4. The number of carboxylic acid groups (broad SMARTS) is 1. The Hall–Kier alpha value is -4.12. The molecule has 4 rings (SSSR count). The number of allylic oxidation sites excluding steroid dienone is 4. The summed E-state index contributed by atoms with van der Waals surface area (Å²) < 4.78 is 172. The smallest absolute Gasteiger partial charge is 0.338 e. The monoisotopic (exact) mass is 971 g/mol. The van der Waals surface area contributed by atoms with Gasteiger partial charge in [0.2, 0.25) is 5.69 Å². The molecule has 62 heavy (non-hydrogen) atoms. The average Bonchev–Trinajstić information content (AvgIpc) is 3.46. The predicted octanol–water partition coefficient (Wildman–Crippen LogP) is 2.88. The second-order valence-electron chi connectivity index (χ2n) is 15.4. The lowest BCUT2D eigenvalue weighted by atomic mass is 9.77. The van der Waals surface area contributed by atoms with Crippen LogP contribution >= 0.6 is 0 Å². The van der Waals surface area contributed by atoms with Crippen LogP contribution < -0.4 is 4.90 Å². The molecule has 2 aromatic rings. The number of fused-ring (bicyclic) bond motifs is 2. The standard InChI is InChI=1S/C36H46N2O19S5/c1-35(2)30(38(15-7-19-60(48,49)50)29-22-24(33(39)40)21-26(32(29)35)34(41)57-16-8-20-61(51,52)53)9-4-10-31-36(3,13-5-17-58(42,43)44)27-23-25(62(54,55)56)11-12-28(27)37(31)14-6-18-59(45,46)47/h4,9-12,21-23H,5-8,13-20H2,1-3H3,(H5-,39,40,42,43,44,45,46,47,48,49,50,51,52,53,54,55,56)/p+1. The van der Waals surface area contributed by atoms with Crippen LogP contribution in [-0.2, 0) is 66.2 Å². The van der Waals surface area contributed by atoms with Crippen LogP contribution in [0, 0.1) is 0 Å². The molecule has 6 N–H and O–H groups in total. The van der Waals surface area contributed by atoms with Crippen molar-refractivity contribution in [2.75, 3.05) is 47.6 Å². The van der Waals surface area contributed by atoms with Crippen molar-refractivity contribution >= 4 is 79.6 Å². The number of nitrogens with zero attached hydrogens (tertiary/aromatic N) is 2. The van der Waals surface area contributed by atoms with Gasteiger partial charge in [0.1, 0.15) is 6.54 Å². The number of ether oxygens (including phenoxy) is 1. The number of hydrogen-bond donors (Lipinski definition) is 6. The Morgan fingerprint density at radius 3 is 1.89 bits per heavy atom. The first-order chi connectivity index (χ1) is 28.3. The largest absolute Gasteiger partial charge is 0.478 e. The highest BCUT2D eigenvalue weighted by molar-refractivity contribution is 7.86. The van der Waals surface area contributed by atoms with Gasteiger partial charge in [-0.15, -0.1) is 0 Å². The van der Waals surface area contributed by atoms with Crippen LogP contribution in [0.1, 0.15) is 84.7 Å². The van der Waals surface area contributed by atoms with Crippen molar-refractivity contribution in [3.63, 3.8) is 0 Å². The fourth-order valence-electron chi connectivity index (χ4n) is 7.74. The van der Waals surface area contributed by atoms with E-state index in [1.807, 2.05) is 0 Å². The van der Waals surface area contributed by atoms with Gasteiger partial charge in [0.05, 0.1) is 56.6 Å². The second-order valence-corrected chi connectivity index (χ2v) is 23.1. The highest BCUT2D eigenvalue weighted by atomic mass is 32.2. The molecule has 21 nitrogen and oxygen atoms in total. The van der Waals surface area contributed by atoms with Gasteiger partial charge in [0, 0.05) is 41.9 Å². The fourth-order valence-corrected chi connectivity index (χ4v) is 10.2. The summed E-state index contributed by atoms with van der Waals surface area (Å²) in [6.45, 7) is 4.18. The lowest BCUT2D eigenvalue weighted by Crippen LogP contribution is -2.31. The molecule has 2 aromatic carbocycles. The van der Waals surface area contributed by atoms with Gasteiger partial charge in [-0.05, 0) is 82.4 Å². The summed E-state index contributed by atoms with van der Waals surface area (Å²) in [5.74, 6) is -5.34. The molecular weight excluding hydrogens is 925 g/mol. The van der Waals surface area contributed by atoms with Gasteiger partial charge in [0.15, 0.2) is 5.71 Å². The highest BCUT2D eigenvalue weighted by Crippen LogP contribution is 2.51. The molecule has 1 unspecified atom stereocenters. The number of benzene rings is 2. The molecule has 0 saturated carbocycles. The molecule has 0 spiro atoms. The van der Waals surface area contributed by atoms with E-state index < -0.39 is 108 Å². The maximum Gasteiger partial charge on any atom is 0.338 e. The van der Waals surface area contributed by atoms with E-state index in [0.717, 1.165) is 12.1 Å². The van der Waals surface area contributed by atoms with E-state index in [4.69, 9.17) is 9.29 Å². The van der Waals surface area contributed by atoms with Gasteiger partial charge in [-0.1, -0.05) is 6.08 Å². The molecule has 0 bridgehead atoms. The highest BCUT2D eigenvalue weighted by Gasteiger charge is 2.48. The molecule has 0 saturated heterocycles. The summed E-state index contributed by atoms with van der Waals surface area (Å²) in [6.07, 6.45) is 3.65. The van der Waals surface area contributed by atoms with Crippen LogP contribution in [0.3, 0.4) is 0 Å². The van der Waals surface area contributed by atoms with E-state index in [1.165, 1.54) is 41.0 Å². The van der Waals surface area contributed by atoms with Gasteiger partial charge in [-0.2, -0.15) is 46.7 Å². The molecule has 2 aliphatic rings. The summed E-state index contributed by atoms with van der Waals surface area (Å²) in [4.78, 5) is 27.0. The number of aromatic carboxylic acids is 1. The zero-order valence-corrected chi connectivity index (χ0v) is 37.6. The lowest BCUT2D eigenvalue weighted by Gasteiger charge is -2.30. The third-order valence-electron chi connectivity index (χ3n) is 10.4. The molecule has 344 valence electrons. The van der Waals surface area contributed by atoms with Gasteiger partial charge < -0.3 is 14.7 Å². The maximum atomic E-state index is 13.6. The first kappa shape index (κ1) is 50.5. The molecule has 0 fully saturated rings. The van der Waals surface area contributed by atoms with E-state index in [2.05, 4.69) is 0 Å². The zero-order valence-electron chi connectivity index (χ0n) is 33.5. The first-order valence-electron chi connectivity index (χ1n) is 18.6. The third kappa shape index (κ3) is 12.8. The van der Waals surface area contributed by atoms with Gasteiger partial charge in [0.25, 0.3) is 50.6 Å². The number of carboxylic acids is 1. The minimum Gasteiger partial charge on any atom is -0.478 e. The second kappa shape index (κ2) is 18.5. The Labute approximate surface area is 359 Å². The van der Waals surface area contributed by atoms with Crippen molar-refractivity contribution in [2.24, 2.45) is 0 Å². The van der Waals surface area contributed by atoms with Crippen molar-refractivity contribution in [2.45, 2.75) is 68.6 Å². The Kier molecular flexibility index (Phi) is 15.1. The van der Waals surface area contributed by atoms with E-state index in [0.29, 0.717) is 17.1 Å². The summed E-state index contributed by atoms with van der Waals surface area (Å²) in [7, 11) is -22.6. The maximum absolute atomic E-state index is 13.6. The van der Waals surface area contributed by atoms with Crippen molar-refractivity contribution in [3.05, 3.63) is 76.5 Å². The van der Waals surface area contributed by atoms with Gasteiger partial charge >= 0.3 is 11.9 Å². The number of carbonyl (C=O) groups excluding carboxylic acids is 1. The van der Waals surface area contributed by atoms with E-state index in [1.54, 1.807) is 25.7 Å². The van der Waals surface area contributed by atoms with E-state index in [-0.39, 0.29) is 73.1 Å². The number of anilines is 1. The minimum absolute atomic E-state index is 0.0634. The first-order valence-corrected chi connectivity index (χ1v) is 26.5. The normalized spacial score (nSPS) is 18.7. The van der Waals surface area contributed by atoms with Gasteiger partial charge in [-0.3, -0.25) is 22.8 Å². The predicted molar refractivity (Wildman–Crippen MR) is 223 cm³/mol. The molecule has 2 aliphatic heterocycles. The van der Waals surface area contributed by atoms with E-state index >= 15 is 0 Å². The van der Waals surface area contributed by atoms with Gasteiger partial charge in [-0.25, -0.2) is 9.59 Å². The van der Waals surface area contributed by atoms with Crippen LogP contribution in [-0.4, -0.2) is 135 Å². The quantitative estimate of drug-likeness (QED) is 0.0453. The van der Waals surface area contributed by atoms with Crippen LogP contribution in [0.4, 0.5) is 11.4 Å². The lowest BCUT2D eigenvalue weighted by molar-refractivity contribution is -0.437. The van der Waals surface area contributed by atoms with Crippen molar-refractivity contribution in [3.8, 4) is 0 Å². The average molecular weight is 972 g/mol. The Bertz CT molecular complexity index is 2790. The number of carbonyl (C=O) groups is 2. The Morgan fingerprint density at radius 1 is 0.758 bits per heavy atom. The van der Waals surface area contributed by atoms with Crippen molar-refractivity contribution in [1.29, 1.82) is 0 Å². The molecule has 0 aromatic heterocycles. The van der Waals surface area contributed by atoms with Crippen LogP contribution in [0.25, 0.3) is 0 Å². The van der Waals surface area contributed by atoms with Crippen molar-refractivity contribution < 1.29 is 88.9 Å². The fraction of sp³-hybridized carbons (Fsp3) is 0.472.